The minimum Gasteiger partial charge on any atom is -0.367 e. The van der Waals surface area contributed by atoms with E-state index in [-0.39, 0.29) is 5.91 Å². The maximum absolute atomic E-state index is 12.3. The molecule has 1 aromatic carbocycles. The number of hydrogen-bond donors (Lipinski definition) is 0. The SMILES string of the molecule is Cc1nc(/C=C/C(=O)N2CCN(c3ccccc3Cl)CC2)cs1. The third-order valence-electron chi connectivity index (χ3n) is 3.82. The summed E-state index contributed by atoms with van der Waals surface area (Å²) in [6.07, 6.45) is 3.39. The fourth-order valence-electron chi connectivity index (χ4n) is 2.59. The minimum atomic E-state index is 0.0365. The summed E-state index contributed by atoms with van der Waals surface area (Å²) in [7, 11) is 0. The van der Waals surface area contributed by atoms with Crippen molar-refractivity contribution in [1.82, 2.24) is 9.88 Å². The number of nitrogens with zero attached hydrogens (tertiary/aromatic N) is 3. The Balaban J connectivity index is 1.57. The van der Waals surface area contributed by atoms with E-state index < -0.39 is 0 Å². The van der Waals surface area contributed by atoms with Crippen LogP contribution in [0.15, 0.2) is 35.7 Å². The number of carbonyl (C=O) groups is 1. The van der Waals surface area contributed by atoms with Crippen LogP contribution in [0.3, 0.4) is 0 Å². The van der Waals surface area contributed by atoms with E-state index in [1.165, 1.54) is 0 Å². The number of carbonyl (C=O) groups excluding carboxylic acids is 1. The van der Waals surface area contributed by atoms with Crippen LogP contribution in [0.4, 0.5) is 5.69 Å². The normalized spacial score (nSPS) is 15.4. The molecule has 1 saturated heterocycles. The molecular weight excluding hydrogens is 330 g/mol. The lowest BCUT2D eigenvalue weighted by Crippen LogP contribution is -2.48. The lowest BCUT2D eigenvalue weighted by molar-refractivity contribution is -0.126. The largest absolute Gasteiger partial charge is 0.367 e. The number of benzene rings is 1. The highest BCUT2D eigenvalue weighted by Crippen LogP contribution is 2.26. The zero-order chi connectivity index (χ0) is 16.2. The van der Waals surface area contributed by atoms with Crippen molar-refractivity contribution >= 4 is 40.6 Å². The second-order valence-electron chi connectivity index (χ2n) is 5.39. The highest BCUT2D eigenvalue weighted by Gasteiger charge is 2.20. The molecule has 0 unspecified atom stereocenters. The second-order valence-corrected chi connectivity index (χ2v) is 6.86. The van der Waals surface area contributed by atoms with Gasteiger partial charge in [0.25, 0.3) is 0 Å². The molecule has 0 spiro atoms. The Labute approximate surface area is 145 Å². The van der Waals surface area contributed by atoms with Crippen molar-refractivity contribution in [3.05, 3.63) is 51.4 Å². The van der Waals surface area contributed by atoms with Crippen LogP contribution in [-0.4, -0.2) is 42.0 Å². The number of halogens is 1. The molecule has 1 aliphatic rings. The molecule has 6 heteroatoms. The smallest absolute Gasteiger partial charge is 0.246 e. The lowest BCUT2D eigenvalue weighted by Gasteiger charge is -2.36. The number of hydrogen-bond acceptors (Lipinski definition) is 4. The highest BCUT2D eigenvalue weighted by molar-refractivity contribution is 7.09. The Bertz CT molecular complexity index is 720. The Kier molecular flexibility index (Phi) is 4.98. The van der Waals surface area contributed by atoms with E-state index in [0.29, 0.717) is 13.1 Å². The van der Waals surface area contributed by atoms with Crippen molar-refractivity contribution in [3.63, 3.8) is 0 Å². The molecule has 0 radical (unpaired) electrons. The molecule has 0 aliphatic carbocycles. The van der Waals surface area contributed by atoms with Crippen molar-refractivity contribution < 1.29 is 4.79 Å². The molecule has 1 aliphatic heterocycles. The van der Waals surface area contributed by atoms with E-state index in [0.717, 1.165) is 34.5 Å². The van der Waals surface area contributed by atoms with Gasteiger partial charge in [0.05, 0.1) is 21.4 Å². The van der Waals surface area contributed by atoms with Gasteiger partial charge in [-0.2, -0.15) is 0 Å². The van der Waals surface area contributed by atoms with Gasteiger partial charge in [0.2, 0.25) is 5.91 Å². The zero-order valence-corrected chi connectivity index (χ0v) is 14.5. The third kappa shape index (κ3) is 3.92. The van der Waals surface area contributed by atoms with Gasteiger partial charge < -0.3 is 9.80 Å². The molecule has 2 heterocycles. The van der Waals surface area contributed by atoms with Gasteiger partial charge in [0, 0.05) is 37.6 Å². The summed E-state index contributed by atoms with van der Waals surface area (Å²) in [6.45, 7) is 4.94. The fourth-order valence-corrected chi connectivity index (χ4v) is 3.43. The van der Waals surface area contributed by atoms with Gasteiger partial charge in [0.1, 0.15) is 0 Å². The fraction of sp³-hybridized carbons (Fsp3) is 0.294. The van der Waals surface area contributed by atoms with Gasteiger partial charge in [-0.3, -0.25) is 4.79 Å². The van der Waals surface area contributed by atoms with Crippen LogP contribution in [-0.2, 0) is 4.79 Å². The van der Waals surface area contributed by atoms with Gasteiger partial charge in [-0.1, -0.05) is 23.7 Å². The predicted molar refractivity (Wildman–Crippen MR) is 96.1 cm³/mol. The molecule has 4 nitrogen and oxygen atoms in total. The zero-order valence-electron chi connectivity index (χ0n) is 12.9. The second kappa shape index (κ2) is 7.15. The van der Waals surface area contributed by atoms with Crippen molar-refractivity contribution in [2.45, 2.75) is 6.92 Å². The monoisotopic (exact) mass is 347 g/mol. The summed E-state index contributed by atoms with van der Waals surface area (Å²) in [5.41, 5.74) is 1.88. The van der Waals surface area contributed by atoms with Crippen molar-refractivity contribution in [2.75, 3.05) is 31.1 Å². The molecule has 0 N–H and O–H groups in total. The standard InChI is InChI=1S/C17H18ClN3OS/c1-13-19-14(12-23-13)6-7-17(22)21-10-8-20(9-11-21)16-5-3-2-4-15(16)18/h2-7,12H,8-11H2,1H3/b7-6+. The third-order valence-corrected chi connectivity index (χ3v) is 4.93. The first-order valence-electron chi connectivity index (χ1n) is 7.52. The number of aromatic nitrogens is 1. The average Bonchev–Trinajstić information content (AvgIpc) is 2.99. The molecule has 0 atom stereocenters. The van der Waals surface area contributed by atoms with Crippen LogP contribution < -0.4 is 4.90 Å². The van der Waals surface area contributed by atoms with E-state index in [9.17, 15) is 4.79 Å². The predicted octanol–water partition coefficient (Wildman–Crippen LogP) is 3.47. The summed E-state index contributed by atoms with van der Waals surface area (Å²) in [5, 5.41) is 3.71. The van der Waals surface area contributed by atoms with Gasteiger partial charge in [0.15, 0.2) is 0 Å². The Morgan fingerprint density at radius 1 is 1.26 bits per heavy atom. The first-order valence-corrected chi connectivity index (χ1v) is 8.78. The summed E-state index contributed by atoms with van der Waals surface area (Å²) < 4.78 is 0. The number of thiazole rings is 1. The molecule has 120 valence electrons. The Morgan fingerprint density at radius 2 is 2.00 bits per heavy atom. The maximum Gasteiger partial charge on any atom is 0.246 e. The number of piperazine rings is 1. The van der Waals surface area contributed by atoms with E-state index >= 15 is 0 Å². The quantitative estimate of drug-likeness (QED) is 0.798. The van der Waals surface area contributed by atoms with Gasteiger partial charge in [-0.05, 0) is 25.1 Å². The molecule has 1 fully saturated rings. The molecule has 1 aromatic heterocycles. The van der Waals surface area contributed by atoms with Crippen LogP contribution in [0.5, 0.6) is 0 Å². The summed E-state index contributed by atoms with van der Waals surface area (Å²) in [5.74, 6) is 0.0365. The van der Waals surface area contributed by atoms with Crippen LogP contribution in [0.2, 0.25) is 5.02 Å². The van der Waals surface area contributed by atoms with E-state index in [1.807, 2.05) is 41.5 Å². The number of amides is 1. The number of para-hydroxylation sites is 1. The molecular formula is C17H18ClN3OS. The van der Waals surface area contributed by atoms with Gasteiger partial charge in [-0.25, -0.2) is 4.98 Å². The van der Waals surface area contributed by atoms with Crippen molar-refractivity contribution in [2.24, 2.45) is 0 Å². The molecule has 3 rings (SSSR count). The number of anilines is 1. The summed E-state index contributed by atoms with van der Waals surface area (Å²) in [6, 6.07) is 7.82. The van der Waals surface area contributed by atoms with E-state index in [2.05, 4.69) is 9.88 Å². The summed E-state index contributed by atoms with van der Waals surface area (Å²) >= 11 is 7.82. The molecule has 0 saturated carbocycles. The molecule has 0 bridgehead atoms. The first kappa shape index (κ1) is 16.0. The van der Waals surface area contributed by atoms with E-state index in [1.54, 1.807) is 23.5 Å². The Morgan fingerprint density at radius 3 is 2.65 bits per heavy atom. The number of rotatable bonds is 3. The van der Waals surface area contributed by atoms with E-state index in [4.69, 9.17) is 11.6 Å². The highest BCUT2D eigenvalue weighted by atomic mass is 35.5. The molecule has 1 amide bonds. The van der Waals surface area contributed by atoms with Crippen LogP contribution in [0.25, 0.3) is 6.08 Å². The van der Waals surface area contributed by atoms with Gasteiger partial charge >= 0.3 is 0 Å². The number of aryl methyl sites for hydroxylation is 1. The van der Waals surface area contributed by atoms with Crippen molar-refractivity contribution in [3.8, 4) is 0 Å². The van der Waals surface area contributed by atoms with Crippen molar-refractivity contribution in [1.29, 1.82) is 0 Å². The first-order chi connectivity index (χ1) is 11.1. The van der Waals surface area contributed by atoms with Crippen LogP contribution in [0.1, 0.15) is 10.7 Å². The summed E-state index contributed by atoms with van der Waals surface area (Å²) in [4.78, 5) is 20.7. The molecule has 2 aromatic rings. The topological polar surface area (TPSA) is 36.4 Å². The molecule has 23 heavy (non-hydrogen) atoms. The minimum absolute atomic E-state index is 0.0365. The average molecular weight is 348 g/mol. The Hall–Kier alpha value is -1.85. The van der Waals surface area contributed by atoms with Crippen LogP contribution in [0, 0.1) is 6.92 Å². The van der Waals surface area contributed by atoms with Crippen LogP contribution >= 0.6 is 22.9 Å². The maximum atomic E-state index is 12.3. The lowest BCUT2D eigenvalue weighted by atomic mass is 10.2. The van der Waals surface area contributed by atoms with Gasteiger partial charge in [-0.15, -0.1) is 11.3 Å².